The monoisotopic (exact) mass is 267 g/mol. The first-order chi connectivity index (χ1) is 8.87. The highest BCUT2D eigenvalue weighted by molar-refractivity contribution is 5.59. The fraction of sp³-hybridized carbons (Fsp3) is 0.615. The summed E-state index contributed by atoms with van der Waals surface area (Å²) in [6, 6.07) is 1.64. The van der Waals surface area contributed by atoms with Gasteiger partial charge in [-0.1, -0.05) is 13.8 Å². The fourth-order valence-corrected chi connectivity index (χ4v) is 1.70. The molecule has 0 bridgehead atoms. The summed E-state index contributed by atoms with van der Waals surface area (Å²) in [5, 5.41) is 14.1. The smallest absolute Gasteiger partial charge is 0.314 e. The molecule has 0 aliphatic carbocycles. The number of rotatable bonds is 7. The maximum Gasteiger partial charge on any atom is 0.314 e. The van der Waals surface area contributed by atoms with E-state index in [9.17, 15) is 10.1 Å². The van der Waals surface area contributed by atoms with Crippen LogP contribution in [0.25, 0.3) is 0 Å². The van der Waals surface area contributed by atoms with Crippen molar-refractivity contribution in [1.29, 1.82) is 0 Å². The second kappa shape index (κ2) is 6.47. The van der Waals surface area contributed by atoms with Crippen molar-refractivity contribution in [3.8, 4) is 0 Å². The second-order valence-electron chi connectivity index (χ2n) is 5.34. The molecule has 0 atom stereocenters. The number of aromatic nitrogens is 1. The first-order valence-corrected chi connectivity index (χ1v) is 6.20. The molecule has 1 N–H and O–H groups in total. The predicted molar refractivity (Wildman–Crippen MR) is 74.4 cm³/mol. The minimum atomic E-state index is -0.396. The van der Waals surface area contributed by atoms with Gasteiger partial charge < -0.3 is 10.1 Å². The zero-order valence-electron chi connectivity index (χ0n) is 11.9. The van der Waals surface area contributed by atoms with Crippen LogP contribution in [0.15, 0.2) is 12.3 Å². The molecule has 0 aliphatic heterocycles. The van der Waals surface area contributed by atoms with Gasteiger partial charge in [-0.15, -0.1) is 0 Å². The Balaban J connectivity index is 2.78. The molecule has 1 aromatic rings. The molecule has 0 unspecified atom stereocenters. The third-order valence-corrected chi connectivity index (χ3v) is 3.03. The number of nitro groups is 1. The number of methoxy groups -OCH3 is 1. The maximum atomic E-state index is 11.0. The van der Waals surface area contributed by atoms with E-state index in [1.807, 2.05) is 0 Å². The van der Waals surface area contributed by atoms with Crippen LogP contribution in [0.2, 0.25) is 0 Å². The van der Waals surface area contributed by atoms with Gasteiger partial charge in [0.25, 0.3) is 0 Å². The summed E-state index contributed by atoms with van der Waals surface area (Å²) in [4.78, 5) is 14.7. The van der Waals surface area contributed by atoms with Gasteiger partial charge in [-0.25, -0.2) is 4.98 Å². The third-order valence-electron chi connectivity index (χ3n) is 3.03. The molecule has 0 saturated heterocycles. The van der Waals surface area contributed by atoms with E-state index >= 15 is 0 Å². The zero-order valence-corrected chi connectivity index (χ0v) is 11.9. The first kappa shape index (κ1) is 15.4. The molecule has 1 heterocycles. The van der Waals surface area contributed by atoms with Gasteiger partial charge in [-0.2, -0.15) is 0 Å². The van der Waals surface area contributed by atoms with Gasteiger partial charge in [0.15, 0.2) is 0 Å². The Morgan fingerprint density at radius 2 is 2.21 bits per heavy atom. The van der Waals surface area contributed by atoms with Gasteiger partial charge in [-0.3, -0.25) is 10.1 Å². The van der Waals surface area contributed by atoms with E-state index in [-0.39, 0.29) is 11.1 Å². The van der Waals surface area contributed by atoms with Crippen molar-refractivity contribution >= 4 is 11.5 Å². The molecule has 0 spiro atoms. The lowest BCUT2D eigenvalue weighted by atomic mass is 9.90. The molecule has 0 amide bonds. The lowest BCUT2D eigenvalue weighted by Crippen LogP contribution is -2.25. The van der Waals surface area contributed by atoms with Crippen LogP contribution in [-0.2, 0) is 4.74 Å². The molecule has 106 valence electrons. The molecule has 0 aliphatic rings. The molecule has 1 aromatic heterocycles. The van der Waals surface area contributed by atoms with Crippen molar-refractivity contribution in [2.24, 2.45) is 5.41 Å². The van der Waals surface area contributed by atoms with Gasteiger partial charge in [0.1, 0.15) is 0 Å². The average molecular weight is 267 g/mol. The Hall–Kier alpha value is -1.69. The Bertz CT molecular complexity index is 447. The normalized spacial score (nSPS) is 11.4. The van der Waals surface area contributed by atoms with Crippen LogP contribution in [0.3, 0.4) is 0 Å². The van der Waals surface area contributed by atoms with Crippen molar-refractivity contribution in [3.63, 3.8) is 0 Å². The minimum absolute atomic E-state index is 0.0185. The van der Waals surface area contributed by atoms with Crippen LogP contribution in [-0.4, -0.2) is 30.2 Å². The summed E-state index contributed by atoms with van der Waals surface area (Å²) < 4.78 is 5.06. The fourth-order valence-electron chi connectivity index (χ4n) is 1.70. The van der Waals surface area contributed by atoms with Crippen LogP contribution >= 0.6 is 0 Å². The standard InChI is InChI=1S/C13H21N3O3/c1-10-5-7-14-12(11(10)16(17)18)15-9-13(2,3)6-8-19-4/h5,7H,6,8-9H2,1-4H3,(H,14,15). The Kier molecular flexibility index (Phi) is 5.23. The van der Waals surface area contributed by atoms with E-state index in [2.05, 4.69) is 24.1 Å². The molecule has 0 saturated carbocycles. The average Bonchev–Trinajstić information content (AvgIpc) is 2.33. The van der Waals surface area contributed by atoms with Crippen LogP contribution in [0, 0.1) is 22.5 Å². The van der Waals surface area contributed by atoms with Crippen molar-refractivity contribution in [2.45, 2.75) is 27.2 Å². The summed E-state index contributed by atoms with van der Waals surface area (Å²) in [6.45, 7) is 7.15. The van der Waals surface area contributed by atoms with Crippen LogP contribution in [0.4, 0.5) is 11.5 Å². The summed E-state index contributed by atoms with van der Waals surface area (Å²) in [6.07, 6.45) is 2.45. The van der Waals surface area contributed by atoms with Crippen LogP contribution in [0.1, 0.15) is 25.8 Å². The molecule has 19 heavy (non-hydrogen) atoms. The van der Waals surface area contributed by atoms with Crippen molar-refractivity contribution in [1.82, 2.24) is 4.98 Å². The number of nitrogens with zero attached hydrogens (tertiary/aromatic N) is 2. The lowest BCUT2D eigenvalue weighted by molar-refractivity contribution is -0.384. The molecular formula is C13H21N3O3. The highest BCUT2D eigenvalue weighted by Crippen LogP contribution is 2.27. The number of nitrogens with one attached hydrogen (secondary N) is 1. The van der Waals surface area contributed by atoms with Gasteiger partial charge in [0, 0.05) is 32.0 Å². The highest BCUT2D eigenvalue weighted by atomic mass is 16.6. The minimum Gasteiger partial charge on any atom is -0.385 e. The van der Waals surface area contributed by atoms with E-state index < -0.39 is 4.92 Å². The van der Waals surface area contributed by atoms with Crippen molar-refractivity contribution < 1.29 is 9.66 Å². The summed E-state index contributed by atoms with van der Waals surface area (Å²) >= 11 is 0. The van der Waals surface area contributed by atoms with Gasteiger partial charge in [0.05, 0.1) is 4.92 Å². The molecule has 1 rings (SSSR count). The van der Waals surface area contributed by atoms with Gasteiger partial charge >= 0.3 is 5.69 Å². The van der Waals surface area contributed by atoms with E-state index in [0.29, 0.717) is 24.5 Å². The number of anilines is 1. The quantitative estimate of drug-likeness (QED) is 0.607. The molecular weight excluding hydrogens is 246 g/mol. The Morgan fingerprint density at radius 3 is 2.79 bits per heavy atom. The topological polar surface area (TPSA) is 77.3 Å². The molecule has 6 heteroatoms. The lowest BCUT2D eigenvalue weighted by Gasteiger charge is -2.24. The largest absolute Gasteiger partial charge is 0.385 e. The highest BCUT2D eigenvalue weighted by Gasteiger charge is 2.22. The number of ether oxygens (including phenoxy) is 1. The van der Waals surface area contributed by atoms with E-state index in [4.69, 9.17) is 4.74 Å². The second-order valence-corrected chi connectivity index (χ2v) is 5.34. The van der Waals surface area contributed by atoms with E-state index in [0.717, 1.165) is 6.42 Å². The number of aryl methyl sites for hydroxylation is 1. The zero-order chi connectivity index (χ0) is 14.5. The first-order valence-electron chi connectivity index (χ1n) is 6.20. The molecule has 0 aromatic carbocycles. The van der Waals surface area contributed by atoms with Crippen molar-refractivity contribution in [3.05, 3.63) is 27.9 Å². The number of hydrogen-bond acceptors (Lipinski definition) is 5. The van der Waals surface area contributed by atoms with Gasteiger partial charge in [-0.05, 0) is 24.8 Å². The molecule has 6 nitrogen and oxygen atoms in total. The predicted octanol–water partition coefficient (Wildman–Crippen LogP) is 2.77. The summed E-state index contributed by atoms with van der Waals surface area (Å²) in [5.41, 5.74) is 0.636. The van der Waals surface area contributed by atoms with Crippen LogP contribution in [0.5, 0.6) is 0 Å². The Morgan fingerprint density at radius 1 is 1.53 bits per heavy atom. The van der Waals surface area contributed by atoms with Crippen LogP contribution < -0.4 is 5.32 Å². The maximum absolute atomic E-state index is 11.0. The summed E-state index contributed by atoms with van der Waals surface area (Å²) in [5.74, 6) is 0.329. The number of hydrogen-bond donors (Lipinski definition) is 1. The SMILES string of the molecule is COCCC(C)(C)CNc1nccc(C)c1[N+](=O)[O-]. The third kappa shape index (κ3) is 4.48. The molecule has 0 radical (unpaired) electrons. The van der Waals surface area contributed by atoms with E-state index in [1.165, 1.54) is 0 Å². The number of pyridine rings is 1. The Labute approximate surface area is 113 Å². The summed E-state index contributed by atoms with van der Waals surface area (Å²) in [7, 11) is 1.66. The molecule has 0 fully saturated rings. The van der Waals surface area contributed by atoms with Crippen molar-refractivity contribution in [2.75, 3.05) is 25.6 Å². The van der Waals surface area contributed by atoms with Gasteiger partial charge in [0.2, 0.25) is 5.82 Å². The van der Waals surface area contributed by atoms with E-state index in [1.54, 1.807) is 26.3 Å².